The number of aryl methyl sites for hydroxylation is 1. The van der Waals surface area contributed by atoms with Crippen LogP contribution in [0.5, 0.6) is 0 Å². The lowest BCUT2D eigenvalue weighted by Gasteiger charge is -2.17. The van der Waals surface area contributed by atoms with Crippen LogP contribution in [-0.2, 0) is 0 Å². The monoisotopic (exact) mass is 222 g/mol. The molecule has 86 valence electrons. The number of non-ortho nitro benzene ring substituents is 1. The van der Waals surface area contributed by atoms with Crippen LogP contribution in [0.4, 0.5) is 11.4 Å². The summed E-state index contributed by atoms with van der Waals surface area (Å²) >= 11 is 0. The predicted octanol–water partition coefficient (Wildman–Crippen LogP) is 1.47. The van der Waals surface area contributed by atoms with Gasteiger partial charge < -0.3 is 10.0 Å². The van der Waals surface area contributed by atoms with Crippen LogP contribution in [0, 0.1) is 17.0 Å². The van der Waals surface area contributed by atoms with Crippen molar-refractivity contribution < 1.29 is 10.0 Å². The summed E-state index contributed by atoms with van der Waals surface area (Å²) in [5.41, 5.74) is 1.80. The van der Waals surface area contributed by atoms with Crippen LogP contribution in [-0.4, -0.2) is 29.2 Å². The van der Waals surface area contributed by atoms with Crippen molar-refractivity contribution in [3.05, 3.63) is 33.9 Å². The molecule has 1 saturated heterocycles. The lowest BCUT2D eigenvalue weighted by molar-refractivity contribution is -0.384. The van der Waals surface area contributed by atoms with Crippen LogP contribution in [0.2, 0.25) is 0 Å². The Morgan fingerprint density at radius 3 is 2.81 bits per heavy atom. The summed E-state index contributed by atoms with van der Waals surface area (Å²) in [4.78, 5) is 12.3. The molecule has 0 amide bonds. The second kappa shape index (κ2) is 4.09. The van der Waals surface area contributed by atoms with E-state index in [9.17, 15) is 15.2 Å². The molecule has 0 bridgehead atoms. The van der Waals surface area contributed by atoms with Gasteiger partial charge in [0.15, 0.2) is 0 Å². The highest BCUT2D eigenvalue weighted by Gasteiger charge is 2.22. The van der Waals surface area contributed by atoms with Crippen molar-refractivity contribution in [1.29, 1.82) is 0 Å². The highest BCUT2D eigenvalue weighted by Crippen LogP contribution is 2.26. The van der Waals surface area contributed by atoms with Crippen molar-refractivity contribution in [3.63, 3.8) is 0 Å². The fourth-order valence-electron chi connectivity index (χ4n) is 2.01. The van der Waals surface area contributed by atoms with Crippen molar-refractivity contribution in [2.45, 2.75) is 19.4 Å². The molecule has 0 radical (unpaired) electrons. The van der Waals surface area contributed by atoms with Crippen molar-refractivity contribution in [1.82, 2.24) is 0 Å². The van der Waals surface area contributed by atoms with E-state index >= 15 is 0 Å². The van der Waals surface area contributed by atoms with Crippen molar-refractivity contribution in [2.24, 2.45) is 0 Å². The number of aliphatic hydroxyl groups excluding tert-OH is 1. The lowest BCUT2D eigenvalue weighted by atomic mass is 10.2. The zero-order valence-electron chi connectivity index (χ0n) is 9.09. The maximum absolute atomic E-state index is 10.7. The van der Waals surface area contributed by atoms with Gasteiger partial charge >= 0.3 is 0 Å². The fourth-order valence-corrected chi connectivity index (χ4v) is 2.01. The molecule has 5 nitrogen and oxygen atoms in total. The van der Waals surface area contributed by atoms with Crippen molar-refractivity contribution >= 4 is 11.4 Å². The third-order valence-electron chi connectivity index (χ3n) is 2.79. The minimum atomic E-state index is -0.386. The van der Waals surface area contributed by atoms with Crippen molar-refractivity contribution in [2.75, 3.05) is 18.0 Å². The molecule has 1 heterocycles. The second-order valence-corrected chi connectivity index (χ2v) is 4.17. The van der Waals surface area contributed by atoms with Crippen LogP contribution in [0.15, 0.2) is 18.2 Å². The molecule has 2 rings (SSSR count). The Morgan fingerprint density at radius 2 is 2.25 bits per heavy atom. The van der Waals surface area contributed by atoms with Crippen molar-refractivity contribution in [3.8, 4) is 0 Å². The van der Waals surface area contributed by atoms with E-state index in [-0.39, 0.29) is 16.7 Å². The van der Waals surface area contributed by atoms with Gasteiger partial charge in [0.1, 0.15) is 0 Å². The minimum absolute atomic E-state index is 0.108. The molecule has 0 unspecified atom stereocenters. The van der Waals surface area contributed by atoms with Gasteiger partial charge in [-0.25, -0.2) is 0 Å². The second-order valence-electron chi connectivity index (χ2n) is 4.17. The third kappa shape index (κ3) is 2.14. The van der Waals surface area contributed by atoms with Crippen LogP contribution in [0.25, 0.3) is 0 Å². The number of benzene rings is 1. The molecular formula is C11H14N2O3. The molecule has 0 aromatic heterocycles. The molecule has 1 aromatic carbocycles. The summed E-state index contributed by atoms with van der Waals surface area (Å²) in [6, 6.07) is 5.02. The topological polar surface area (TPSA) is 66.6 Å². The first-order chi connectivity index (χ1) is 7.56. The molecule has 0 saturated carbocycles. The van der Waals surface area contributed by atoms with Gasteiger partial charge in [0.05, 0.1) is 11.0 Å². The SMILES string of the molecule is Cc1cc(N2CC[C@@H](O)C2)cc([N+](=O)[O-])c1. The first kappa shape index (κ1) is 10.9. The van der Waals surface area contributed by atoms with Crippen LogP contribution in [0.3, 0.4) is 0 Å². The number of hydrogen-bond donors (Lipinski definition) is 1. The Balaban J connectivity index is 2.30. The number of nitro benzene ring substituents is 1. The van der Waals surface area contributed by atoms with Gasteiger partial charge in [0, 0.05) is 30.9 Å². The summed E-state index contributed by atoms with van der Waals surface area (Å²) in [5, 5.41) is 20.2. The standard InChI is InChI=1S/C11H14N2O3/c1-8-4-9(6-10(5-8)13(15)16)12-3-2-11(14)7-12/h4-6,11,14H,2-3,7H2,1H3/t11-/m1/s1. The fraction of sp³-hybridized carbons (Fsp3) is 0.455. The van der Waals surface area contributed by atoms with Crippen LogP contribution >= 0.6 is 0 Å². The summed E-state index contributed by atoms with van der Waals surface area (Å²) in [5.74, 6) is 0. The zero-order chi connectivity index (χ0) is 11.7. The molecule has 0 spiro atoms. The molecule has 1 aliphatic heterocycles. The first-order valence-corrected chi connectivity index (χ1v) is 5.25. The highest BCUT2D eigenvalue weighted by atomic mass is 16.6. The Labute approximate surface area is 93.5 Å². The number of nitrogens with zero attached hydrogens (tertiary/aromatic N) is 2. The molecule has 1 N–H and O–H groups in total. The number of hydrogen-bond acceptors (Lipinski definition) is 4. The largest absolute Gasteiger partial charge is 0.391 e. The Morgan fingerprint density at radius 1 is 1.50 bits per heavy atom. The zero-order valence-corrected chi connectivity index (χ0v) is 9.09. The summed E-state index contributed by atoms with van der Waals surface area (Å²) in [6.45, 7) is 3.14. The molecule has 16 heavy (non-hydrogen) atoms. The van der Waals surface area contributed by atoms with E-state index < -0.39 is 0 Å². The normalized spacial score (nSPS) is 20.1. The van der Waals surface area contributed by atoms with E-state index in [1.165, 1.54) is 0 Å². The minimum Gasteiger partial charge on any atom is -0.391 e. The van der Waals surface area contributed by atoms with E-state index in [1.54, 1.807) is 12.1 Å². The maximum Gasteiger partial charge on any atom is 0.271 e. The number of nitro groups is 1. The lowest BCUT2D eigenvalue weighted by Crippen LogP contribution is -2.21. The average Bonchev–Trinajstić information content (AvgIpc) is 2.64. The molecule has 1 atom stereocenters. The van der Waals surface area contributed by atoms with Gasteiger partial charge in [-0.15, -0.1) is 0 Å². The van der Waals surface area contributed by atoms with E-state index in [4.69, 9.17) is 0 Å². The summed E-state index contributed by atoms with van der Waals surface area (Å²) in [6.07, 6.45) is 0.404. The number of aliphatic hydroxyl groups is 1. The van der Waals surface area contributed by atoms with Crippen LogP contribution in [0.1, 0.15) is 12.0 Å². The van der Waals surface area contributed by atoms with Gasteiger partial charge in [-0.3, -0.25) is 10.1 Å². The maximum atomic E-state index is 10.7. The summed E-state index contributed by atoms with van der Waals surface area (Å²) < 4.78 is 0. The molecule has 1 aromatic rings. The number of anilines is 1. The highest BCUT2D eigenvalue weighted by molar-refractivity contribution is 5.56. The van der Waals surface area contributed by atoms with E-state index in [0.29, 0.717) is 6.54 Å². The smallest absolute Gasteiger partial charge is 0.271 e. The van der Waals surface area contributed by atoms with E-state index in [0.717, 1.165) is 24.2 Å². The van der Waals surface area contributed by atoms with Gasteiger partial charge in [-0.05, 0) is 25.0 Å². The molecular weight excluding hydrogens is 208 g/mol. The van der Waals surface area contributed by atoms with Crippen LogP contribution < -0.4 is 4.90 Å². The van der Waals surface area contributed by atoms with Gasteiger partial charge in [0.2, 0.25) is 0 Å². The number of rotatable bonds is 2. The van der Waals surface area contributed by atoms with Gasteiger partial charge in [-0.1, -0.05) is 0 Å². The van der Waals surface area contributed by atoms with E-state index in [2.05, 4.69) is 0 Å². The molecule has 1 aliphatic rings. The van der Waals surface area contributed by atoms with Gasteiger partial charge in [0.25, 0.3) is 5.69 Å². The predicted molar refractivity (Wildman–Crippen MR) is 60.7 cm³/mol. The number of β-amino-alcohol motifs (C(OH)–C–C–N with tert-alkyl or cyclic N) is 1. The molecule has 0 aliphatic carbocycles. The average molecular weight is 222 g/mol. The Bertz CT molecular complexity index is 420. The molecule has 1 fully saturated rings. The Kier molecular flexibility index (Phi) is 2.78. The molecule has 5 heteroatoms. The quantitative estimate of drug-likeness (QED) is 0.608. The van der Waals surface area contributed by atoms with Gasteiger partial charge in [-0.2, -0.15) is 0 Å². The summed E-state index contributed by atoms with van der Waals surface area (Å²) in [7, 11) is 0. The first-order valence-electron chi connectivity index (χ1n) is 5.25. The Hall–Kier alpha value is -1.62. The van der Waals surface area contributed by atoms with E-state index in [1.807, 2.05) is 17.9 Å². The third-order valence-corrected chi connectivity index (χ3v) is 2.79.